The summed E-state index contributed by atoms with van der Waals surface area (Å²) in [4.78, 5) is 3.07. The maximum Gasteiger partial charge on any atom is 0.433 e. The minimum atomic E-state index is -4.93. The van der Waals surface area contributed by atoms with Gasteiger partial charge in [-0.3, -0.25) is 0 Å². The summed E-state index contributed by atoms with van der Waals surface area (Å²) in [5.41, 5.74) is -3.96. The Morgan fingerprint density at radius 2 is 1.71 bits per heavy atom. The molecule has 0 amide bonds. The van der Waals surface area contributed by atoms with Crippen molar-refractivity contribution < 1.29 is 31.5 Å². The average Bonchev–Trinajstić information content (AvgIpc) is 2.36. The zero-order valence-electron chi connectivity index (χ0n) is 10.00. The molecule has 0 saturated carbocycles. The molecular weight excluding hydrogens is 302 g/mol. The zero-order valence-corrected chi connectivity index (χ0v) is 10.00. The van der Waals surface area contributed by atoms with E-state index in [1.807, 2.05) is 0 Å². The number of fused-ring (bicyclic) bond motifs is 1. The lowest BCUT2D eigenvalue weighted by Crippen LogP contribution is -2.12. The number of hydrogen-bond donors (Lipinski definition) is 1. The Labute approximate surface area is 113 Å². The third kappa shape index (κ3) is 2.91. The molecule has 0 aliphatic carbocycles. The molecule has 1 aromatic carbocycles. The van der Waals surface area contributed by atoms with Crippen molar-refractivity contribution in [3.05, 3.63) is 41.1 Å². The van der Waals surface area contributed by atoms with E-state index in [1.54, 1.807) is 0 Å². The standard InChI is InChI=1S/C12H6F6N2O/c13-11(14,15)8-3-1-2-7-6(5-19-21)4-9(12(16,17)18)20-10(7)8/h1-5,21H/b19-5+. The summed E-state index contributed by atoms with van der Waals surface area (Å²) in [6.45, 7) is 0. The van der Waals surface area contributed by atoms with Crippen LogP contribution >= 0.6 is 0 Å². The SMILES string of the molecule is O/N=C/c1cc(C(F)(F)F)nc2c(C(F)(F)F)cccc12. The Morgan fingerprint density at radius 3 is 2.24 bits per heavy atom. The molecule has 9 heteroatoms. The smallest absolute Gasteiger partial charge is 0.411 e. The molecule has 2 rings (SSSR count). The molecule has 112 valence electrons. The number of aromatic nitrogens is 1. The van der Waals surface area contributed by atoms with Crippen LogP contribution in [0.25, 0.3) is 10.9 Å². The molecular formula is C12H6F6N2O. The van der Waals surface area contributed by atoms with Gasteiger partial charge in [0, 0.05) is 10.9 Å². The van der Waals surface area contributed by atoms with Crippen molar-refractivity contribution in [2.45, 2.75) is 12.4 Å². The number of pyridine rings is 1. The number of alkyl halides is 6. The number of nitrogens with zero attached hydrogens (tertiary/aromatic N) is 2. The first-order valence-corrected chi connectivity index (χ1v) is 5.40. The monoisotopic (exact) mass is 308 g/mol. The third-order valence-corrected chi connectivity index (χ3v) is 2.66. The second-order valence-corrected chi connectivity index (χ2v) is 4.04. The molecule has 0 fully saturated rings. The summed E-state index contributed by atoms with van der Waals surface area (Å²) in [5, 5.41) is 10.8. The molecule has 1 N–H and O–H groups in total. The van der Waals surface area contributed by atoms with Crippen LogP contribution in [0.5, 0.6) is 0 Å². The highest BCUT2D eigenvalue weighted by Crippen LogP contribution is 2.37. The van der Waals surface area contributed by atoms with Gasteiger partial charge in [0.25, 0.3) is 0 Å². The molecule has 0 unspecified atom stereocenters. The van der Waals surface area contributed by atoms with E-state index < -0.39 is 29.1 Å². The first-order valence-electron chi connectivity index (χ1n) is 5.40. The first-order chi connectivity index (χ1) is 9.64. The number of benzene rings is 1. The number of para-hydroxylation sites is 1. The van der Waals surface area contributed by atoms with E-state index >= 15 is 0 Å². The largest absolute Gasteiger partial charge is 0.433 e. The third-order valence-electron chi connectivity index (χ3n) is 2.66. The van der Waals surface area contributed by atoms with Crippen molar-refractivity contribution in [2.24, 2.45) is 5.16 Å². The predicted molar refractivity (Wildman–Crippen MR) is 61.1 cm³/mol. The van der Waals surface area contributed by atoms with Gasteiger partial charge in [0.1, 0.15) is 5.69 Å². The van der Waals surface area contributed by atoms with Gasteiger partial charge in [-0.15, -0.1) is 0 Å². The lowest BCUT2D eigenvalue weighted by molar-refractivity contribution is -0.142. The fraction of sp³-hybridized carbons (Fsp3) is 0.167. The van der Waals surface area contributed by atoms with Gasteiger partial charge in [-0.1, -0.05) is 17.3 Å². The molecule has 0 aliphatic rings. The Hall–Kier alpha value is -2.32. The van der Waals surface area contributed by atoms with Gasteiger partial charge in [0.05, 0.1) is 17.3 Å². The van der Waals surface area contributed by atoms with Gasteiger partial charge in [-0.2, -0.15) is 26.3 Å². The zero-order chi connectivity index (χ0) is 15.8. The first kappa shape index (κ1) is 15.1. The summed E-state index contributed by atoms with van der Waals surface area (Å²) >= 11 is 0. The van der Waals surface area contributed by atoms with Crippen molar-refractivity contribution in [3.63, 3.8) is 0 Å². The lowest BCUT2D eigenvalue weighted by Gasteiger charge is -2.13. The van der Waals surface area contributed by atoms with Crippen LogP contribution < -0.4 is 0 Å². The second-order valence-electron chi connectivity index (χ2n) is 4.04. The van der Waals surface area contributed by atoms with Crippen LogP contribution in [-0.4, -0.2) is 16.4 Å². The van der Waals surface area contributed by atoms with Crippen molar-refractivity contribution in [3.8, 4) is 0 Å². The highest BCUT2D eigenvalue weighted by Gasteiger charge is 2.37. The Balaban J connectivity index is 2.90. The van der Waals surface area contributed by atoms with E-state index in [1.165, 1.54) is 0 Å². The predicted octanol–water partition coefficient (Wildman–Crippen LogP) is 4.08. The van der Waals surface area contributed by atoms with Crippen LogP contribution in [-0.2, 0) is 12.4 Å². The number of hydrogen-bond acceptors (Lipinski definition) is 3. The van der Waals surface area contributed by atoms with E-state index in [2.05, 4.69) is 10.1 Å². The topological polar surface area (TPSA) is 45.5 Å². The highest BCUT2D eigenvalue weighted by molar-refractivity contribution is 5.99. The van der Waals surface area contributed by atoms with E-state index in [0.717, 1.165) is 12.1 Å². The van der Waals surface area contributed by atoms with Gasteiger partial charge in [0.15, 0.2) is 0 Å². The molecule has 21 heavy (non-hydrogen) atoms. The fourth-order valence-corrected chi connectivity index (χ4v) is 1.82. The summed E-state index contributed by atoms with van der Waals surface area (Å²) in [6.07, 6.45) is -9.16. The molecule has 2 aromatic rings. The molecule has 0 aliphatic heterocycles. The molecule has 1 heterocycles. The number of rotatable bonds is 1. The Morgan fingerprint density at radius 1 is 1.05 bits per heavy atom. The van der Waals surface area contributed by atoms with Gasteiger partial charge >= 0.3 is 12.4 Å². The average molecular weight is 308 g/mol. The van der Waals surface area contributed by atoms with Crippen molar-refractivity contribution in [1.29, 1.82) is 0 Å². The van der Waals surface area contributed by atoms with E-state index in [9.17, 15) is 26.3 Å². The highest BCUT2D eigenvalue weighted by atomic mass is 19.4. The molecule has 0 saturated heterocycles. The molecule has 0 atom stereocenters. The summed E-state index contributed by atoms with van der Waals surface area (Å²) in [6, 6.07) is 3.35. The molecule has 0 bridgehead atoms. The maximum absolute atomic E-state index is 12.9. The van der Waals surface area contributed by atoms with Crippen LogP contribution in [0.3, 0.4) is 0 Å². The quantitative estimate of drug-likeness (QED) is 0.373. The lowest BCUT2D eigenvalue weighted by atomic mass is 10.0. The van der Waals surface area contributed by atoms with Crippen molar-refractivity contribution >= 4 is 17.1 Å². The van der Waals surface area contributed by atoms with Crippen molar-refractivity contribution in [1.82, 2.24) is 4.98 Å². The van der Waals surface area contributed by atoms with Gasteiger partial charge < -0.3 is 5.21 Å². The van der Waals surface area contributed by atoms with Gasteiger partial charge in [-0.25, -0.2) is 4.98 Å². The Bertz CT molecular complexity index is 705. The van der Waals surface area contributed by atoms with Crippen LogP contribution in [0.2, 0.25) is 0 Å². The number of halogens is 6. The van der Waals surface area contributed by atoms with Crippen LogP contribution in [0, 0.1) is 0 Å². The molecule has 0 radical (unpaired) electrons. The normalized spacial score (nSPS) is 13.2. The Kier molecular flexibility index (Phi) is 3.52. The molecule has 1 aromatic heterocycles. The van der Waals surface area contributed by atoms with E-state index in [4.69, 9.17) is 5.21 Å². The van der Waals surface area contributed by atoms with E-state index in [0.29, 0.717) is 18.3 Å². The fourth-order valence-electron chi connectivity index (χ4n) is 1.82. The summed E-state index contributed by atoms with van der Waals surface area (Å²) < 4.78 is 76.7. The summed E-state index contributed by atoms with van der Waals surface area (Å²) in [5.74, 6) is 0. The second kappa shape index (κ2) is 4.90. The summed E-state index contributed by atoms with van der Waals surface area (Å²) in [7, 11) is 0. The minimum absolute atomic E-state index is 0.198. The van der Waals surface area contributed by atoms with Crippen LogP contribution in [0.4, 0.5) is 26.3 Å². The van der Waals surface area contributed by atoms with Gasteiger partial charge in [-0.05, 0) is 12.1 Å². The van der Waals surface area contributed by atoms with E-state index in [-0.39, 0.29) is 10.9 Å². The molecule has 0 spiro atoms. The minimum Gasteiger partial charge on any atom is -0.411 e. The van der Waals surface area contributed by atoms with Crippen LogP contribution in [0.1, 0.15) is 16.8 Å². The van der Waals surface area contributed by atoms with Crippen LogP contribution in [0.15, 0.2) is 29.4 Å². The van der Waals surface area contributed by atoms with Crippen molar-refractivity contribution in [2.75, 3.05) is 0 Å². The number of oxime groups is 1. The molecule has 3 nitrogen and oxygen atoms in total. The van der Waals surface area contributed by atoms with Gasteiger partial charge in [0.2, 0.25) is 0 Å². The maximum atomic E-state index is 12.9.